The molecule has 2 aliphatic rings. The highest BCUT2D eigenvalue weighted by atomic mass is 19.2. The van der Waals surface area contributed by atoms with E-state index in [0.717, 1.165) is 59.4 Å². The van der Waals surface area contributed by atoms with Gasteiger partial charge in [0.25, 0.3) is 11.5 Å². The van der Waals surface area contributed by atoms with Crippen LogP contribution in [0.4, 0.5) is 18.9 Å². The standard InChI is InChI=1S/C30H29F3N4O3/c1-36-12-8-20(9-13-36)26-21-7-6-18(16-25(21)35-29(26)39)4-2-10-34-28(38)22-5-3-11-37(30(22)40)17-19-14-23(31)27(33)24(32)15-19/h2-7,11,14-16,20,26H,8-10,12-13,17H2,1H3,(H,34,38)(H,35,39)/b4-2+. The van der Waals surface area contributed by atoms with Gasteiger partial charge in [0.1, 0.15) is 5.56 Å². The number of halogens is 3. The predicted molar refractivity (Wildman–Crippen MR) is 146 cm³/mol. The largest absolute Gasteiger partial charge is 0.348 e. The van der Waals surface area contributed by atoms with Crippen molar-refractivity contribution >= 4 is 23.6 Å². The lowest BCUT2D eigenvalue weighted by Crippen LogP contribution is -2.34. The second-order valence-electron chi connectivity index (χ2n) is 10.3. The van der Waals surface area contributed by atoms with Gasteiger partial charge in [-0.1, -0.05) is 24.3 Å². The number of pyridine rings is 1. The Bertz CT molecular complexity index is 1520. The van der Waals surface area contributed by atoms with Gasteiger partial charge in [-0.3, -0.25) is 14.4 Å². The summed E-state index contributed by atoms with van der Waals surface area (Å²) < 4.78 is 41.4. The first-order chi connectivity index (χ1) is 19.2. The van der Waals surface area contributed by atoms with Crippen LogP contribution in [0.3, 0.4) is 0 Å². The zero-order chi connectivity index (χ0) is 28.4. The molecule has 0 radical (unpaired) electrons. The number of fused-ring (bicyclic) bond motifs is 1. The Morgan fingerprint density at radius 1 is 1.07 bits per heavy atom. The Hall–Kier alpha value is -4.18. The van der Waals surface area contributed by atoms with Crippen molar-refractivity contribution in [3.63, 3.8) is 0 Å². The normalized spacial score (nSPS) is 17.7. The predicted octanol–water partition coefficient (Wildman–Crippen LogP) is 4.13. The monoisotopic (exact) mass is 550 g/mol. The van der Waals surface area contributed by atoms with Crippen LogP contribution in [-0.2, 0) is 11.3 Å². The number of hydrogen-bond acceptors (Lipinski definition) is 4. The number of carbonyl (C=O) groups is 2. The first-order valence-electron chi connectivity index (χ1n) is 13.1. The Morgan fingerprint density at radius 2 is 1.80 bits per heavy atom. The maximum absolute atomic E-state index is 13.5. The second-order valence-corrected chi connectivity index (χ2v) is 10.3. The van der Waals surface area contributed by atoms with Crippen LogP contribution in [0.1, 0.15) is 45.8 Å². The van der Waals surface area contributed by atoms with Gasteiger partial charge in [0.15, 0.2) is 17.5 Å². The molecule has 40 heavy (non-hydrogen) atoms. The summed E-state index contributed by atoms with van der Waals surface area (Å²) in [7, 11) is 2.10. The number of piperidine rings is 1. The Kier molecular flexibility index (Phi) is 7.88. The Labute approximate surface area is 229 Å². The van der Waals surface area contributed by atoms with Crippen LogP contribution in [0.5, 0.6) is 0 Å². The van der Waals surface area contributed by atoms with Crippen LogP contribution >= 0.6 is 0 Å². The van der Waals surface area contributed by atoms with Crippen LogP contribution in [0, 0.1) is 23.4 Å². The zero-order valence-electron chi connectivity index (χ0n) is 21.9. The van der Waals surface area contributed by atoms with E-state index < -0.39 is 28.9 Å². The van der Waals surface area contributed by atoms with E-state index in [1.54, 1.807) is 6.08 Å². The summed E-state index contributed by atoms with van der Waals surface area (Å²) in [4.78, 5) is 40.4. The number of anilines is 1. The van der Waals surface area contributed by atoms with Crippen LogP contribution in [0.25, 0.3) is 6.08 Å². The molecule has 3 heterocycles. The van der Waals surface area contributed by atoms with Crippen LogP contribution in [0.15, 0.2) is 59.5 Å². The third-order valence-corrected chi connectivity index (χ3v) is 7.54. The summed E-state index contributed by atoms with van der Waals surface area (Å²) in [5.41, 5.74) is 1.95. The van der Waals surface area contributed by atoms with E-state index in [1.165, 1.54) is 18.3 Å². The molecule has 1 aromatic heterocycles. The van der Waals surface area contributed by atoms with Crippen LogP contribution in [0.2, 0.25) is 0 Å². The van der Waals surface area contributed by atoms with E-state index >= 15 is 0 Å². The average molecular weight is 551 g/mol. The number of likely N-dealkylation sites (tertiary alicyclic amines) is 1. The number of amides is 2. The molecule has 2 aliphatic heterocycles. The molecule has 2 aromatic carbocycles. The quantitative estimate of drug-likeness (QED) is 0.434. The van der Waals surface area contributed by atoms with Gasteiger partial charge in [-0.05, 0) is 85.9 Å². The van der Waals surface area contributed by atoms with E-state index in [0.29, 0.717) is 5.92 Å². The topological polar surface area (TPSA) is 83.4 Å². The van der Waals surface area contributed by atoms with Gasteiger partial charge in [0.2, 0.25) is 5.91 Å². The second kappa shape index (κ2) is 11.5. The lowest BCUT2D eigenvalue weighted by molar-refractivity contribution is -0.118. The highest BCUT2D eigenvalue weighted by Gasteiger charge is 2.37. The smallest absolute Gasteiger partial charge is 0.263 e. The molecule has 208 valence electrons. The van der Waals surface area contributed by atoms with Gasteiger partial charge < -0.3 is 20.1 Å². The van der Waals surface area contributed by atoms with Gasteiger partial charge in [0, 0.05) is 18.4 Å². The highest BCUT2D eigenvalue weighted by Crippen LogP contribution is 2.41. The minimum atomic E-state index is -1.58. The average Bonchev–Trinajstić information content (AvgIpc) is 3.26. The van der Waals surface area contributed by atoms with E-state index in [-0.39, 0.29) is 36.0 Å². The number of nitrogens with one attached hydrogen (secondary N) is 2. The Balaban J connectivity index is 1.20. The number of aromatic nitrogens is 1. The molecule has 0 spiro atoms. The molecule has 7 nitrogen and oxygen atoms in total. The molecule has 10 heteroatoms. The molecule has 2 amide bonds. The summed E-state index contributed by atoms with van der Waals surface area (Å²) in [5, 5.41) is 5.67. The fraction of sp³-hybridized carbons (Fsp3) is 0.300. The van der Waals surface area contributed by atoms with Crippen LogP contribution in [-0.4, -0.2) is 48.0 Å². The summed E-state index contributed by atoms with van der Waals surface area (Å²) in [5.74, 6) is -4.66. The van der Waals surface area contributed by atoms with Gasteiger partial charge >= 0.3 is 0 Å². The molecular formula is C30H29F3N4O3. The van der Waals surface area contributed by atoms with Crippen molar-refractivity contribution < 1.29 is 22.8 Å². The van der Waals surface area contributed by atoms with Crippen LogP contribution < -0.4 is 16.2 Å². The number of hydrogen-bond donors (Lipinski definition) is 2. The fourth-order valence-corrected chi connectivity index (χ4v) is 5.41. The number of carbonyl (C=O) groups excluding carboxylic acids is 2. The van der Waals surface area contributed by atoms with E-state index in [1.807, 2.05) is 24.3 Å². The molecule has 1 fully saturated rings. The zero-order valence-corrected chi connectivity index (χ0v) is 21.9. The highest BCUT2D eigenvalue weighted by molar-refractivity contribution is 6.03. The van der Waals surface area contributed by atoms with Crippen molar-refractivity contribution in [3.05, 3.63) is 105 Å². The maximum Gasteiger partial charge on any atom is 0.263 e. The lowest BCUT2D eigenvalue weighted by atomic mass is 9.80. The van der Waals surface area contributed by atoms with E-state index in [2.05, 4.69) is 22.6 Å². The Morgan fingerprint density at radius 3 is 2.52 bits per heavy atom. The first kappa shape index (κ1) is 27.4. The minimum Gasteiger partial charge on any atom is -0.348 e. The molecule has 0 saturated carbocycles. The molecule has 1 unspecified atom stereocenters. The van der Waals surface area contributed by atoms with Crippen molar-refractivity contribution in [2.45, 2.75) is 25.3 Å². The molecule has 3 aromatic rings. The summed E-state index contributed by atoms with van der Waals surface area (Å²) >= 11 is 0. The number of nitrogens with zero attached hydrogens (tertiary/aromatic N) is 2. The van der Waals surface area contributed by atoms with Gasteiger partial charge in [0.05, 0.1) is 12.5 Å². The summed E-state index contributed by atoms with van der Waals surface area (Å²) in [6, 6.07) is 10.3. The fourth-order valence-electron chi connectivity index (χ4n) is 5.41. The van der Waals surface area contributed by atoms with Gasteiger partial charge in [-0.25, -0.2) is 13.2 Å². The third-order valence-electron chi connectivity index (χ3n) is 7.54. The lowest BCUT2D eigenvalue weighted by Gasteiger charge is -2.31. The molecule has 0 aliphatic carbocycles. The minimum absolute atomic E-state index is 0.0427. The number of rotatable bonds is 7. The first-order valence-corrected chi connectivity index (χ1v) is 13.1. The summed E-state index contributed by atoms with van der Waals surface area (Å²) in [6.07, 6.45) is 6.91. The van der Waals surface area contributed by atoms with Crippen molar-refractivity contribution in [3.8, 4) is 0 Å². The van der Waals surface area contributed by atoms with Crippen molar-refractivity contribution in [1.29, 1.82) is 0 Å². The third kappa shape index (κ3) is 5.72. The maximum atomic E-state index is 13.5. The molecule has 0 bridgehead atoms. The molecular weight excluding hydrogens is 521 g/mol. The molecule has 1 saturated heterocycles. The molecule has 1 atom stereocenters. The molecule has 2 N–H and O–H groups in total. The molecule has 5 rings (SSSR count). The summed E-state index contributed by atoms with van der Waals surface area (Å²) in [6.45, 7) is 1.88. The van der Waals surface area contributed by atoms with Crippen molar-refractivity contribution in [2.24, 2.45) is 5.92 Å². The SMILES string of the molecule is CN1CCC(C2C(=O)Nc3cc(/C=C/CNC(=O)c4cccn(Cc5cc(F)c(F)c(F)c5)c4=O)ccc32)CC1. The van der Waals surface area contributed by atoms with E-state index in [4.69, 9.17) is 0 Å². The number of benzene rings is 2. The van der Waals surface area contributed by atoms with Gasteiger partial charge in [-0.2, -0.15) is 0 Å². The van der Waals surface area contributed by atoms with E-state index in [9.17, 15) is 27.6 Å². The van der Waals surface area contributed by atoms with Crippen molar-refractivity contribution in [2.75, 3.05) is 32.0 Å². The van der Waals surface area contributed by atoms with Crippen molar-refractivity contribution in [1.82, 2.24) is 14.8 Å². The van der Waals surface area contributed by atoms with Gasteiger partial charge in [-0.15, -0.1) is 0 Å².